The number of anilines is 1. The van der Waals surface area contributed by atoms with Gasteiger partial charge in [0.1, 0.15) is 5.75 Å². The van der Waals surface area contributed by atoms with Crippen LogP contribution in [0.2, 0.25) is 0 Å². The molecule has 162 valence electrons. The third-order valence-electron chi connectivity index (χ3n) is 4.00. The maximum atomic E-state index is 12.6. The summed E-state index contributed by atoms with van der Waals surface area (Å²) in [5, 5.41) is 4.50. The van der Waals surface area contributed by atoms with Crippen LogP contribution in [0.3, 0.4) is 0 Å². The Labute approximate surface area is 181 Å². The van der Waals surface area contributed by atoms with Gasteiger partial charge in [-0.1, -0.05) is 24.3 Å². The first kappa shape index (κ1) is 22.5. The molecule has 0 bridgehead atoms. The van der Waals surface area contributed by atoms with Gasteiger partial charge in [0.05, 0.1) is 10.6 Å². The number of alkyl halides is 2. The summed E-state index contributed by atoms with van der Waals surface area (Å²) in [4.78, 5) is 16.5. The molecule has 0 aliphatic heterocycles. The quantitative estimate of drug-likeness (QED) is 0.491. The second-order valence-electron chi connectivity index (χ2n) is 6.01. The molecule has 3 aromatic rings. The van der Waals surface area contributed by atoms with Crippen LogP contribution in [-0.2, 0) is 14.8 Å². The highest BCUT2D eigenvalue weighted by Gasteiger charge is 2.14. The number of benzene rings is 2. The maximum Gasteiger partial charge on any atom is 0.387 e. The lowest BCUT2D eigenvalue weighted by molar-refractivity contribution is -0.111. The van der Waals surface area contributed by atoms with Gasteiger partial charge in [-0.25, -0.2) is 18.1 Å². The third-order valence-corrected chi connectivity index (χ3v) is 6.19. The third kappa shape index (κ3) is 5.94. The highest BCUT2D eigenvalue weighted by molar-refractivity contribution is 7.89. The topological polar surface area (TPSA) is 97.4 Å². The zero-order chi connectivity index (χ0) is 22.4. The second kappa shape index (κ2) is 9.77. The van der Waals surface area contributed by atoms with Gasteiger partial charge in [0.2, 0.25) is 15.9 Å². The van der Waals surface area contributed by atoms with E-state index in [4.69, 9.17) is 0 Å². The lowest BCUT2D eigenvalue weighted by Gasteiger charge is -2.08. The van der Waals surface area contributed by atoms with Crippen molar-refractivity contribution < 1.29 is 26.7 Å². The first-order valence-electron chi connectivity index (χ1n) is 8.81. The van der Waals surface area contributed by atoms with Crippen molar-refractivity contribution in [2.75, 3.05) is 12.4 Å². The number of halogens is 2. The fourth-order valence-electron chi connectivity index (χ4n) is 2.53. The fourth-order valence-corrected chi connectivity index (χ4v) is 3.97. The largest absolute Gasteiger partial charge is 0.434 e. The van der Waals surface area contributed by atoms with Crippen molar-refractivity contribution in [3.8, 4) is 17.0 Å². The van der Waals surface area contributed by atoms with Crippen LogP contribution in [0.15, 0.2) is 64.9 Å². The molecule has 0 spiro atoms. The minimum Gasteiger partial charge on any atom is -0.434 e. The molecule has 0 fully saturated rings. The van der Waals surface area contributed by atoms with Crippen molar-refractivity contribution in [1.29, 1.82) is 0 Å². The minimum absolute atomic E-state index is 0.00990. The van der Waals surface area contributed by atoms with Gasteiger partial charge >= 0.3 is 6.61 Å². The van der Waals surface area contributed by atoms with Gasteiger partial charge in [0, 0.05) is 17.0 Å². The molecular weight excluding hydrogens is 448 g/mol. The van der Waals surface area contributed by atoms with E-state index < -0.39 is 22.5 Å². The number of carbonyl (C=O) groups excluding carboxylic acids is 1. The fraction of sp³-hybridized carbons (Fsp3) is 0.100. The molecule has 0 saturated carbocycles. The predicted octanol–water partition coefficient (Wildman–Crippen LogP) is 3.97. The Morgan fingerprint density at radius 3 is 2.55 bits per heavy atom. The molecule has 2 N–H and O–H groups in total. The molecule has 11 heteroatoms. The van der Waals surface area contributed by atoms with E-state index in [2.05, 4.69) is 19.8 Å². The molecule has 0 atom stereocenters. The summed E-state index contributed by atoms with van der Waals surface area (Å²) in [6.45, 7) is -2.96. The number of para-hydroxylation sites is 1. The number of ether oxygens (including phenoxy) is 1. The molecule has 7 nitrogen and oxygen atoms in total. The molecule has 2 aromatic carbocycles. The monoisotopic (exact) mass is 465 g/mol. The van der Waals surface area contributed by atoms with Crippen LogP contribution in [0.25, 0.3) is 17.3 Å². The number of carbonyl (C=O) groups is 1. The van der Waals surface area contributed by atoms with E-state index in [0.29, 0.717) is 16.8 Å². The molecule has 0 aliphatic rings. The zero-order valence-electron chi connectivity index (χ0n) is 16.1. The molecular formula is C20H17F2N3O4S2. The van der Waals surface area contributed by atoms with Crippen molar-refractivity contribution in [3.05, 3.63) is 65.6 Å². The number of amides is 1. The van der Waals surface area contributed by atoms with Crippen LogP contribution in [0.1, 0.15) is 5.56 Å². The van der Waals surface area contributed by atoms with Crippen molar-refractivity contribution in [2.45, 2.75) is 11.5 Å². The molecule has 0 radical (unpaired) electrons. The van der Waals surface area contributed by atoms with Gasteiger partial charge in [-0.15, -0.1) is 11.3 Å². The normalized spacial score (nSPS) is 11.7. The SMILES string of the molecule is CNS(=O)(=O)c1ccc(/C=C/C(=O)Nc2nc(-c3ccccc3OC(F)F)cs2)cc1. The summed E-state index contributed by atoms with van der Waals surface area (Å²) in [6.07, 6.45) is 2.79. The van der Waals surface area contributed by atoms with Crippen LogP contribution in [0.5, 0.6) is 5.75 Å². The van der Waals surface area contributed by atoms with Crippen molar-refractivity contribution in [2.24, 2.45) is 0 Å². The lowest BCUT2D eigenvalue weighted by Crippen LogP contribution is -2.18. The summed E-state index contributed by atoms with van der Waals surface area (Å²) >= 11 is 1.14. The number of sulfonamides is 1. The second-order valence-corrected chi connectivity index (χ2v) is 8.76. The number of rotatable bonds is 8. The van der Waals surface area contributed by atoms with Gasteiger partial charge in [-0.3, -0.25) is 10.1 Å². The van der Waals surface area contributed by atoms with E-state index in [0.717, 1.165) is 11.3 Å². The van der Waals surface area contributed by atoms with Gasteiger partial charge in [0.25, 0.3) is 0 Å². The van der Waals surface area contributed by atoms with Gasteiger partial charge in [-0.05, 0) is 43.0 Å². The Hall–Kier alpha value is -3.15. The molecule has 1 heterocycles. The summed E-state index contributed by atoms with van der Waals surface area (Å²) in [6, 6.07) is 12.2. The zero-order valence-corrected chi connectivity index (χ0v) is 17.7. The number of hydrogen-bond donors (Lipinski definition) is 2. The van der Waals surface area contributed by atoms with E-state index in [1.54, 1.807) is 35.7 Å². The van der Waals surface area contributed by atoms with Gasteiger partial charge in [0.15, 0.2) is 5.13 Å². The highest BCUT2D eigenvalue weighted by Crippen LogP contribution is 2.33. The molecule has 1 amide bonds. The molecule has 0 saturated heterocycles. The Balaban J connectivity index is 1.67. The number of thiazole rings is 1. The maximum absolute atomic E-state index is 12.6. The predicted molar refractivity (Wildman–Crippen MR) is 115 cm³/mol. The highest BCUT2D eigenvalue weighted by atomic mass is 32.2. The van der Waals surface area contributed by atoms with Crippen LogP contribution in [-0.4, -0.2) is 33.0 Å². The molecule has 0 unspecified atom stereocenters. The smallest absolute Gasteiger partial charge is 0.387 e. The molecule has 3 rings (SSSR count). The molecule has 31 heavy (non-hydrogen) atoms. The van der Waals surface area contributed by atoms with Crippen molar-refractivity contribution in [1.82, 2.24) is 9.71 Å². The molecule has 1 aromatic heterocycles. The number of nitrogens with one attached hydrogen (secondary N) is 2. The number of nitrogens with zero attached hydrogens (tertiary/aromatic N) is 1. The van der Waals surface area contributed by atoms with Gasteiger partial charge in [-0.2, -0.15) is 8.78 Å². The van der Waals surface area contributed by atoms with Crippen LogP contribution in [0, 0.1) is 0 Å². The lowest BCUT2D eigenvalue weighted by atomic mass is 10.1. The summed E-state index contributed by atoms with van der Waals surface area (Å²) in [5.41, 5.74) is 1.40. The summed E-state index contributed by atoms with van der Waals surface area (Å²) < 4.78 is 55.3. The Bertz CT molecular complexity index is 1190. The van der Waals surface area contributed by atoms with Crippen LogP contribution in [0.4, 0.5) is 13.9 Å². The average Bonchev–Trinajstić information content (AvgIpc) is 3.20. The Morgan fingerprint density at radius 2 is 1.87 bits per heavy atom. The van der Waals surface area contributed by atoms with E-state index in [1.165, 1.54) is 37.4 Å². The average molecular weight is 466 g/mol. The molecule has 0 aliphatic carbocycles. The van der Waals surface area contributed by atoms with E-state index in [1.807, 2.05) is 0 Å². The summed E-state index contributed by atoms with van der Waals surface area (Å²) in [5.74, 6) is -0.464. The van der Waals surface area contributed by atoms with Crippen LogP contribution >= 0.6 is 11.3 Å². The van der Waals surface area contributed by atoms with Crippen molar-refractivity contribution in [3.63, 3.8) is 0 Å². The number of hydrogen-bond acceptors (Lipinski definition) is 6. The standard InChI is InChI=1S/C20H17F2N3O4S2/c1-23-31(27,28)14-9-6-13(7-10-14)8-11-18(26)25-20-24-16(12-30-20)15-4-2-3-5-17(15)29-19(21)22/h2-12,19,23H,1H3,(H,24,25,26)/b11-8+. The van der Waals surface area contributed by atoms with E-state index in [9.17, 15) is 22.0 Å². The summed E-state index contributed by atoms with van der Waals surface area (Å²) in [7, 11) is -2.21. The first-order valence-corrected chi connectivity index (χ1v) is 11.2. The van der Waals surface area contributed by atoms with Crippen LogP contribution < -0.4 is 14.8 Å². The minimum atomic E-state index is -3.53. The Morgan fingerprint density at radius 1 is 1.16 bits per heavy atom. The van der Waals surface area contributed by atoms with Crippen molar-refractivity contribution >= 4 is 38.5 Å². The Kier molecular flexibility index (Phi) is 7.10. The van der Waals surface area contributed by atoms with Gasteiger partial charge < -0.3 is 4.74 Å². The van der Waals surface area contributed by atoms with E-state index in [-0.39, 0.29) is 15.8 Å². The first-order chi connectivity index (χ1) is 14.8. The number of aromatic nitrogens is 1. The van der Waals surface area contributed by atoms with E-state index >= 15 is 0 Å².